The summed E-state index contributed by atoms with van der Waals surface area (Å²) in [5, 5.41) is 13.7. The summed E-state index contributed by atoms with van der Waals surface area (Å²) in [6.07, 6.45) is 44.3. The number of aliphatic hydroxyl groups is 1. The Morgan fingerprint density at radius 3 is 1.36 bits per heavy atom. The predicted molar refractivity (Wildman–Crippen MR) is 233 cm³/mol. The fourth-order valence-electron chi connectivity index (χ4n) is 6.98. The maximum Gasteiger partial charge on any atom is 0.268 e. The Hall–Kier alpha value is -0.760. The predicted octanol–water partition coefficient (Wildman–Crippen LogP) is 12.5. The van der Waals surface area contributed by atoms with Crippen LogP contribution in [-0.2, 0) is 18.4 Å². The van der Waals surface area contributed by atoms with Crippen molar-refractivity contribution in [3.8, 4) is 0 Å². The SMILES string of the molecule is CCCCCCCC/C=C/C(O)C(COP(=O)([O-])OCC[N+](C)(C)C)NC(=O)CCCCCCCCCCCCCCCCCCCCCCCCCCC. The molecule has 1 amide bonds. The van der Waals surface area contributed by atoms with Crippen LogP contribution in [0.4, 0.5) is 0 Å². The van der Waals surface area contributed by atoms with Gasteiger partial charge in [0.25, 0.3) is 7.82 Å². The van der Waals surface area contributed by atoms with Gasteiger partial charge in [-0.25, -0.2) is 0 Å². The number of carbonyl (C=O) groups excluding carboxylic acids is 1. The summed E-state index contributed by atoms with van der Waals surface area (Å²) >= 11 is 0. The Kier molecular flexibility index (Phi) is 38.2. The van der Waals surface area contributed by atoms with E-state index in [4.69, 9.17) is 9.05 Å². The topological polar surface area (TPSA) is 108 Å². The Morgan fingerprint density at radius 1 is 0.618 bits per heavy atom. The molecule has 0 aliphatic carbocycles. The van der Waals surface area contributed by atoms with Crippen LogP contribution in [0.5, 0.6) is 0 Å². The van der Waals surface area contributed by atoms with Crippen LogP contribution in [0.2, 0.25) is 0 Å². The van der Waals surface area contributed by atoms with Crippen molar-refractivity contribution >= 4 is 13.7 Å². The van der Waals surface area contributed by atoms with E-state index in [2.05, 4.69) is 19.2 Å². The molecule has 0 aromatic carbocycles. The smallest absolute Gasteiger partial charge is 0.268 e. The molecular formula is C46H93N2O6P. The monoisotopic (exact) mass is 801 g/mol. The van der Waals surface area contributed by atoms with Crippen molar-refractivity contribution in [3.63, 3.8) is 0 Å². The number of quaternary nitrogens is 1. The van der Waals surface area contributed by atoms with E-state index in [1.807, 2.05) is 27.2 Å². The Balaban J connectivity index is 4.05. The normalized spacial score (nSPS) is 14.4. The second kappa shape index (κ2) is 38.7. The van der Waals surface area contributed by atoms with Gasteiger partial charge in [0.05, 0.1) is 39.9 Å². The van der Waals surface area contributed by atoms with Crippen LogP contribution in [0, 0.1) is 0 Å². The minimum atomic E-state index is -4.57. The fraction of sp³-hybridized carbons (Fsp3) is 0.935. The molecule has 0 fully saturated rings. The largest absolute Gasteiger partial charge is 0.756 e. The third-order valence-electron chi connectivity index (χ3n) is 10.7. The van der Waals surface area contributed by atoms with Crippen molar-refractivity contribution in [2.24, 2.45) is 0 Å². The van der Waals surface area contributed by atoms with Gasteiger partial charge in [-0.3, -0.25) is 9.36 Å². The highest BCUT2D eigenvalue weighted by atomic mass is 31.2. The molecule has 0 saturated heterocycles. The number of nitrogens with zero attached hydrogens (tertiary/aromatic N) is 1. The molecular weight excluding hydrogens is 707 g/mol. The van der Waals surface area contributed by atoms with E-state index >= 15 is 0 Å². The van der Waals surface area contributed by atoms with Crippen LogP contribution in [0.25, 0.3) is 0 Å². The van der Waals surface area contributed by atoms with Crippen molar-refractivity contribution in [3.05, 3.63) is 12.2 Å². The second-order valence-corrected chi connectivity index (χ2v) is 18.9. The molecule has 0 spiro atoms. The number of amides is 1. The van der Waals surface area contributed by atoms with Gasteiger partial charge in [0.1, 0.15) is 13.2 Å². The Morgan fingerprint density at radius 2 is 0.982 bits per heavy atom. The van der Waals surface area contributed by atoms with Crippen LogP contribution in [0.1, 0.15) is 226 Å². The molecule has 328 valence electrons. The van der Waals surface area contributed by atoms with E-state index in [1.54, 1.807) is 6.08 Å². The molecule has 2 N–H and O–H groups in total. The van der Waals surface area contributed by atoms with Crippen LogP contribution in [-0.4, -0.2) is 68.5 Å². The standard InChI is InChI=1S/C46H93N2O6P/c1-6-8-10-12-14-16-17-18-19-20-21-22-23-24-25-26-27-28-29-30-31-32-34-36-38-40-46(50)47-44(43-54-55(51,52)53-42-41-48(3,4)5)45(49)39-37-35-33-15-13-11-9-7-2/h37,39,44-45,49H,6-36,38,40-43H2,1-5H3,(H-,47,50,51,52)/b39-37+. The van der Waals surface area contributed by atoms with Gasteiger partial charge >= 0.3 is 0 Å². The van der Waals surface area contributed by atoms with E-state index < -0.39 is 20.0 Å². The summed E-state index contributed by atoms with van der Waals surface area (Å²) in [5.74, 6) is -0.197. The summed E-state index contributed by atoms with van der Waals surface area (Å²) in [7, 11) is 1.27. The number of carbonyl (C=O) groups is 1. The zero-order valence-corrected chi connectivity index (χ0v) is 38.0. The lowest BCUT2D eigenvalue weighted by Gasteiger charge is -2.29. The third-order valence-corrected chi connectivity index (χ3v) is 11.7. The molecule has 0 heterocycles. The summed E-state index contributed by atoms with van der Waals surface area (Å²) in [5.41, 5.74) is 0. The summed E-state index contributed by atoms with van der Waals surface area (Å²) in [6.45, 7) is 4.62. The minimum Gasteiger partial charge on any atom is -0.756 e. The zero-order valence-electron chi connectivity index (χ0n) is 37.1. The maximum absolute atomic E-state index is 12.8. The van der Waals surface area contributed by atoms with Gasteiger partial charge in [-0.15, -0.1) is 0 Å². The number of hydrogen-bond donors (Lipinski definition) is 2. The van der Waals surface area contributed by atoms with Gasteiger partial charge in [-0.2, -0.15) is 0 Å². The lowest BCUT2D eigenvalue weighted by atomic mass is 10.0. The van der Waals surface area contributed by atoms with E-state index in [-0.39, 0.29) is 19.1 Å². The van der Waals surface area contributed by atoms with Crippen molar-refractivity contribution < 1.29 is 32.9 Å². The molecule has 0 radical (unpaired) electrons. The van der Waals surface area contributed by atoms with Gasteiger partial charge in [-0.05, 0) is 19.3 Å². The van der Waals surface area contributed by atoms with Crippen molar-refractivity contribution in [1.29, 1.82) is 0 Å². The molecule has 0 bridgehead atoms. The van der Waals surface area contributed by atoms with Crippen LogP contribution < -0.4 is 10.2 Å². The van der Waals surface area contributed by atoms with Crippen LogP contribution in [0.15, 0.2) is 12.2 Å². The number of unbranched alkanes of at least 4 members (excludes halogenated alkanes) is 30. The first-order valence-corrected chi connectivity index (χ1v) is 25.0. The Labute approximate surface area is 342 Å². The van der Waals surface area contributed by atoms with Crippen LogP contribution in [0.3, 0.4) is 0 Å². The molecule has 0 aromatic heterocycles. The molecule has 8 nitrogen and oxygen atoms in total. The minimum absolute atomic E-state index is 0.00159. The lowest BCUT2D eigenvalue weighted by molar-refractivity contribution is -0.870. The fourth-order valence-corrected chi connectivity index (χ4v) is 7.70. The van der Waals surface area contributed by atoms with Crippen LogP contribution >= 0.6 is 7.82 Å². The van der Waals surface area contributed by atoms with E-state index in [0.29, 0.717) is 17.4 Å². The van der Waals surface area contributed by atoms with E-state index in [9.17, 15) is 19.4 Å². The van der Waals surface area contributed by atoms with E-state index in [0.717, 1.165) is 38.5 Å². The highest BCUT2D eigenvalue weighted by molar-refractivity contribution is 7.45. The number of aliphatic hydroxyl groups excluding tert-OH is 1. The molecule has 0 rings (SSSR count). The summed E-state index contributed by atoms with van der Waals surface area (Å²) < 4.78 is 23.1. The van der Waals surface area contributed by atoms with Gasteiger partial charge in [0.15, 0.2) is 0 Å². The highest BCUT2D eigenvalue weighted by Crippen LogP contribution is 2.38. The molecule has 0 aliphatic heterocycles. The van der Waals surface area contributed by atoms with Crippen molar-refractivity contribution in [2.75, 3.05) is 40.9 Å². The van der Waals surface area contributed by atoms with E-state index in [1.165, 1.54) is 167 Å². The van der Waals surface area contributed by atoms with Gasteiger partial charge in [-0.1, -0.05) is 212 Å². The summed E-state index contributed by atoms with van der Waals surface area (Å²) in [6, 6.07) is -0.878. The zero-order chi connectivity index (χ0) is 40.7. The van der Waals surface area contributed by atoms with Crippen molar-refractivity contribution in [1.82, 2.24) is 5.32 Å². The van der Waals surface area contributed by atoms with Gasteiger partial charge < -0.3 is 28.8 Å². The van der Waals surface area contributed by atoms with Crippen molar-refractivity contribution in [2.45, 2.75) is 238 Å². The third kappa shape index (κ3) is 41.2. The number of phosphoric ester groups is 1. The average molecular weight is 801 g/mol. The lowest BCUT2D eigenvalue weighted by Crippen LogP contribution is -2.45. The average Bonchev–Trinajstić information content (AvgIpc) is 3.13. The molecule has 0 saturated carbocycles. The van der Waals surface area contributed by atoms with Gasteiger partial charge in [0, 0.05) is 6.42 Å². The number of rotatable bonds is 43. The number of hydrogen-bond acceptors (Lipinski definition) is 6. The van der Waals surface area contributed by atoms with Gasteiger partial charge in [0.2, 0.25) is 5.91 Å². The molecule has 55 heavy (non-hydrogen) atoms. The number of likely N-dealkylation sites (N-methyl/N-ethyl adjacent to an activating group) is 1. The first-order valence-electron chi connectivity index (χ1n) is 23.6. The second-order valence-electron chi connectivity index (χ2n) is 17.5. The number of allylic oxidation sites excluding steroid dienone is 1. The number of nitrogens with one attached hydrogen (secondary N) is 1. The first-order chi connectivity index (χ1) is 26.5. The summed E-state index contributed by atoms with van der Waals surface area (Å²) in [4.78, 5) is 25.2. The molecule has 3 atom stereocenters. The maximum atomic E-state index is 12.8. The Bertz CT molecular complexity index is 911. The molecule has 9 heteroatoms. The number of phosphoric acid groups is 1. The molecule has 0 aromatic rings. The highest BCUT2D eigenvalue weighted by Gasteiger charge is 2.23. The molecule has 3 unspecified atom stereocenters. The quantitative estimate of drug-likeness (QED) is 0.0275. The first kappa shape index (κ1) is 54.2. The molecule has 0 aliphatic rings.